The molecule has 0 N–H and O–H groups in total. The normalized spacial score (nSPS) is 10.7. The average molecular weight is 306 g/mol. The van der Waals surface area contributed by atoms with Crippen LogP contribution >= 0.6 is 11.6 Å². The molecule has 0 saturated carbocycles. The number of amides is 1. The van der Waals surface area contributed by atoms with Gasteiger partial charge in [-0.3, -0.25) is 4.79 Å². The largest absolute Gasteiger partial charge is 0.435 e. The van der Waals surface area contributed by atoms with E-state index in [1.807, 2.05) is 6.92 Å². The van der Waals surface area contributed by atoms with Gasteiger partial charge in [-0.05, 0) is 24.6 Å². The number of alkyl halides is 3. The van der Waals surface area contributed by atoms with Gasteiger partial charge >= 0.3 is 6.61 Å². The van der Waals surface area contributed by atoms with Gasteiger partial charge in [0.2, 0.25) is 0 Å². The predicted molar refractivity (Wildman–Crippen MR) is 74.6 cm³/mol. The molecule has 0 aliphatic heterocycles. The fraction of sp³-hybridized carbons (Fsp3) is 0.500. The van der Waals surface area contributed by atoms with Crippen molar-refractivity contribution in [1.82, 2.24) is 4.90 Å². The van der Waals surface area contributed by atoms with Crippen LogP contribution < -0.4 is 4.74 Å². The fourth-order valence-electron chi connectivity index (χ4n) is 1.75. The Morgan fingerprint density at radius 1 is 1.40 bits per heavy atom. The van der Waals surface area contributed by atoms with Gasteiger partial charge < -0.3 is 9.64 Å². The van der Waals surface area contributed by atoms with Crippen molar-refractivity contribution in [3.63, 3.8) is 0 Å². The second-order valence-corrected chi connectivity index (χ2v) is 4.62. The molecule has 1 rings (SSSR count). The Bertz CT molecular complexity index is 429. The molecule has 0 heterocycles. The number of carbonyl (C=O) groups excluding carboxylic acids is 1. The molecular formula is C14H18ClF2NO2. The van der Waals surface area contributed by atoms with Crippen molar-refractivity contribution in [2.75, 3.05) is 19.0 Å². The van der Waals surface area contributed by atoms with Crippen molar-refractivity contribution in [3.05, 3.63) is 29.8 Å². The maximum absolute atomic E-state index is 12.3. The van der Waals surface area contributed by atoms with Gasteiger partial charge in [-0.15, -0.1) is 11.6 Å². The molecule has 0 bridgehead atoms. The van der Waals surface area contributed by atoms with Crippen LogP contribution in [-0.2, 0) is 0 Å². The Hall–Kier alpha value is -1.36. The number of hydrogen-bond acceptors (Lipinski definition) is 2. The minimum absolute atomic E-state index is 0.0211. The van der Waals surface area contributed by atoms with Gasteiger partial charge in [-0.2, -0.15) is 8.78 Å². The van der Waals surface area contributed by atoms with Crippen LogP contribution in [0.1, 0.15) is 30.1 Å². The summed E-state index contributed by atoms with van der Waals surface area (Å²) in [5.41, 5.74) is 0.323. The first-order chi connectivity index (χ1) is 9.58. The van der Waals surface area contributed by atoms with Crippen LogP contribution in [0, 0.1) is 0 Å². The molecule has 3 nitrogen and oxygen atoms in total. The summed E-state index contributed by atoms with van der Waals surface area (Å²) in [5.74, 6) is 0.0915. The van der Waals surface area contributed by atoms with E-state index in [0.717, 1.165) is 12.8 Å². The molecule has 0 radical (unpaired) electrons. The molecule has 20 heavy (non-hydrogen) atoms. The van der Waals surface area contributed by atoms with E-state index in [4.69, 9.17) is 11.6 Å². The average Bonchev–Trinajstić information content (AvgIpc) is 2.42. The molecule has 0 atom stereocenters. The third-order valence-electron chi connectivity index (χ3n) is 2.73. The third-order valence-corrected chi connectivity index (χ3v) is 2.90. The maximum atomic E-state index is 12.3. The molecule has 0 unspecified atom stereocenters. The standard InChI is InChI=1S/C14H18ClF2NO2/c1-2-3-8-18(9-7-15)13(19)11-5-4-6-12(10-11)20-14(16)17/h4-6,10,14H,2-3,7-9H2,1H3. The summed E-state index contributed by atoms with van der Waals surface area (Å²) in [7, 11) is 0. The van der Waals surface area contributed by atoms with Crippen molar-refractivity contribution in [2.45, 2.75) is 26.4 Å². The highest BCUT2D eigenvalue weighted by molar-refractivity contribution is 6.18. The summed E-state index contributed by atoms with van der Waals surface area (Å²) in [4.78, 5) is 13.9. The summed E-state index contributed by atoms with van der Waals surface area (Å²) in [6.45, 7) is 0.155. The zero-order chi connectivity index (χ0) is 15.0. The van der Waals surface area contributed by atoms with Gasteiger partial charge in [0.15, 0.2) is 0 Å². The van der Waals surface area contributed by atoms with Crippen LogP contribution in [-0.4, -0.2) is 36.4 Å². The van der Waals surface area contributed by atoms with E-state index in [-0.39, 0.29) is 11.7 Å². The number of nitrogens with zero attached hydrogens (tertiary/aromatic N) is 1. The van der Waals surface area contributed by atoms with E-state index >= 15 is 0 Å². The lowest BCUT2D eigenvalue weighted by Crippen LogP contribution is -2.33. The highest BCUT2D eigenvalue weighted by Gasteiger charge is 2.16. The van der Waals surface area contributed by atoms with Crippen molar-refractivity contribution in [3.8, 4) is 5.75 Å². The highest BCUT2D eigenvalue weighted by Crippen LogP contribution is 2.17. The smallest absolute Gasteiger partial charge is 0.387 e. The zero-order valence-corrected chi connectivity index (χ0v) is 12.1. The quantitative estimate of drug-likeness (QED) is 0.684. The van der Waals surface area contributed by atoms with Gasteiger partial charge in [0, 0.05) is 24.5 Å². The molecule has 1 amide bonds. The molecule has 0 aliphatic carbocycles. The second-order valence-electron chi connectivity index (χ2n) is 4.24. The number of benzene rings is 1. The molecule has 112 valence electrons. The van der Waals surface area contributed by atoms with Crippen LogP contribution in [0.2, 0.25) is 0 Å². The van der Waals surface area contributed by atoms with Crippen molar-refractivity contribution in [1.29, 1.82) is 0 Å². The lowest BCUT2D eigenvalue weighted by atomic mass is 10.1. The van der Waals surface area contributed by atoms with E-state index < -0.39 is 6.61 Å². The van der Waals surface area contributed by atoms with Crippen LogP contribution in [0.4, 0.5) is 8.78 Å². The number of unbranched alkanes of at least 4 members (excludes halogenated alkanes) is 1. The first kappa shape index (κ1) is 16.7. The fourth-order valence-corrected chi connectivity index (χ4v) is 1.96. The lowest BCUT2D eigenvalue weighted by Gasteiger charge is -2.21. The number of rotatable bonds is 8. The summed E-state index contributed by atoms with van der Waals surface area (Å²) < 4.78 is 28.6. The summed E-state index contributed by atoms with van der Waals surface area (Å²) in [5, 5.41) is 0. The molecule has 0 saturated heterocycles. The monoisotopic (exact) mass is 305 g/mol. The van der Waals surface area contributed by atoms with Gasteiger partial charge in [0.05, 0.1) is 0 Å². The summed E-state index contributed by atoms with van der Waals surface area (Å²) in [6.07, 6.45) is 1.83. The molecule has 0 spiro atoms. The van der Waals surface area contributed by atoms with Gasteiger partial charge in [-0.25, -0.2) is 0 Å². The molecule has 0 aromatic heterocycles. The van der Waals surface area contributed by atoms with Gasteiger partial charge in [-0.1, -0.05) is 19.4 Å². The van der Waals surface area contributed by atoms with Crippen LogP contribution in [0.3, 0.4) is 0 Å². The molecule has 6 heteroatoms. The Morgan fingerprint density at radius 2 is 2.15 bits per heavy atom. The Labute approximate surface area is 122 Å². The number of halogens is 3. The van der Waals surface area contributed by atoms with E-state index in [9.17, 15) is 13.6 Å². The minimum Gasteiger partial charge on any atom is -0.435 e. The van der Waals surface area contributed by atoms with Gasteiger partial charge in [0.25, 0.3) is 5.91 Å². The first-order valence-electron chi connectivity index (χ1n) is 6.48. The van der Waals surface area contributed by atoms with Crippen molar-refractivity contribution >= 4 is 17.5 Å². The molecule has 0 aliphatic rings. The topological polar surface area (TPSA) is 29.5 Å². The minimum atomic E-state index is -2.90. The molecule has 1 aromatic rings. The highest BCUT2D eigenvalue weighted by atomic mass is 35.5. The maximum Gasteiger partial charge on any atom is 0.387 e. The zero-order valence-electron chi connectivity index (χ0n) is 11.3. The molecule has 1 aromatic carbocycles. The van der Waals surface area contributed by atoms with Gasteiger partial charge in [0.1, 0.15) is 5.75 Å². The number of ether oxygens (including phenoxy) is 1. The van der Waals surface area contributed by atoms with E-state index in [1.165, 1.54) is 18.2 Å². The van der Waals surface area contributed by atoms with E-state index in [1.54, 1.807) is 11.0 Å². The Kier molecular flexibility index (Phi) is 7.30. The van der Waals surface area contributed by atoms with E-state index in [0.29, 0.717) is 24.5 Å². The molecule has 0 fully saturated rings. The Balaban J connectivity index is 2.82. The Morgan fingerprint density at radius 3 is 2.75 bits per heavy atom. The molecular weight excluding hydrogens is 288 g/mol. The number of hydrogen-bond donors (Lipinski definition) is 0. The number of carbonyl (C=O) groups is 1. The van der Waals surface area contributed by atoms with E-state index in [2.05, 4.69) is 4.74 Å². The van der Waals surface area contributed by atoms with Crippen LogP contribution in [0.5, 0.6) is 5.75 Å². The lowest BCUT2D eigenvalue weighted by molar-refractivity contribution is -0.0499. The van der Waals surface area contributed by atoms with Crippen molar-refractivity contribution < 1.29 is 18.3 Å². The van der Waals surface area contributed by atoms with Crippen LogP contribution in [0.15, 0.2) is 24.3 Å². The SMILES string of the molecule is CCCCN(CCCl)C(=O)c1cccc(OC(F)F)c1. The predicted octanol–water partition coefficient (Wildman–Crippen LogP) is 3.77. The first-order valence-corrected chi connectivity index (χ1v) is 7.02. The second kappa shape index (κ2) is 8.74. The third kappa shape index (κ3) is 5.33. The van der Waals surface area contributed by atoms with Crippen molar-refractivity contribution in [2.24, 2.45) is 0 Å². The summed E-state index contributed by atoms with van der Waals surface area (Å²) in [6, 6.07) is 5.81. The van der Waals surface area contributed by atoms with Crippen LogP contribution in [0.25, 0.3) is 0 Å². The summed E-state index contributed by atoms with van der Waals surface area (Å²) >= 11 is 5.69.